The van der Waals surface area contributed by atoms with E-state index in [0.717, 1.165) is 17.5 Å². The van der Waals surface area contributed by atoms with Crippen LogP contribution in [0.2, 0.25) is 0 Å². The van der Waals surface area contributed by atoms with Crippen molar-refractivity contribution >= 4 is 21.8 Å². The van der Waals surface area contributed by atoms with E-state index >= 15 is 0 Å². The van der Waals surface area contributed by atoms with Crippen LogP contribution in [0.4, 0.5) is 0 Å². The van der Waals surface area contributed by atoms with Crippen LogP contribution in [0.25, 0.3) is 0 Å². The van der Waals surface area contributed by atoms with Crippen LogP contribution in [-0.4, -0.2) is 55.6 Å². The van der Waals surface area contributed by atoms with Crippen molar-refractivity contribution in [3.63, 3.8) is 0 Å². The van der Waals surface area contributed by atoms with E-state index in [0.29, 0.717) is 25.9 Å². The van der Waals surface area contributed by atoms with E-state index < -0.39 is 16.1 Å². The highest BCUT2D eigenvalue weighted by molar-refractivity contribution is 7.89. The Morgan fingerprint density at radius 1 is 1.03 bits per heavy atom. The fourth-order valence-corrected chi connectivity index (χ4v) is 5.01. The predicted octanol–water partition coefficient (Wildman–Crippen LogP) is 3.73. The number of hydrogen-bond donors (Lipinski definition) is 1. The average Bonchev–Trinajstić information content (AvgIpc) is 2.82. The highest BCUT2D eigenvalue weighted by atomic mass is 32.2. The van der Waals surface area contributed by atoms with Crippen molar-refractivity contribution < 1.29 is 18.0 Å². The van der Waals surface area contributed by atoms with Gasteiger partial charge < -0.3 is 10.2 Å². The fraction of sp³-hybridized carbons (Fsp3) is 0.462. The number of amides is 2. The normalized spacial score (nSPS) is 12.4. The fourth-order valence-electron chi connectivity index (χ4n) is 3.78. The molecule has 1 N–H and O–H groups in total. The first-order valence-corrected chi connectivity index (χ1v) is 13.3. The van der Waals surface area contributed by atoms with E-state index in [-0.39, 0.29) is 29.7 Å². The Balaban J connectivity index is 2.11. The standard InChI is InChI=1S/C26H37N3O4S/c1-5-17-27-26(31)24(6-2)29(20-22-13-10-12-21(3)19-22)25(30)16-11-18-28(4)34(32,33)23-14-8-7-9-15-23/h7-10,12-15,19,24H,5-6,11,16-18,20H2,1-4H3,(H,27,31)/t24-/m0/s1. The maximum absolute atomic E-state index is 13.3. The first-order chi connectivity index (χ1) is 16.2. The smallest absolute Gasteiger partial charge is 0.242 e. The number of rotatable bonds is 13. The Kier molecular flexibility index (Phi) is 10.7. The molecule has 0 saturated carbocycles. The summed E-state index contributed by atoms with van der Waals surface area (Å²) in [4.78, 5) is 28.0. The molecule has 2 amide bonds. The summed E-state index contributed by atoms with van der Waals surface area (Å²) in [5.41, 5.74) is 2.04. The van der Waals surface area contributed by atoms with Gasteiger partial charge in [0.25, 0.3) is 0 Å². The lowest BCUT2D eigenvalue weighted by Gasteiger charge is -2.31. The van der Waals surface area contributed by atoms with Gasteiger partial charge in [-0.15, -0.1) is 0 Å². The largest absolute Gasteiger partial charge is 0.354 e. The minimum absolute atomic E-state index is 0.151. The van der Waals surface area contributed by atoms with Crippen molar-refractivity contribution in [2.75, 3.05) is 20.1 Å². The third kappa shape index (κ3) is 7.67. The number of carbonyl (C=O) groups is 2. The second-order valence-electron chi connectivity index (χ2n) is 8.47. The van der Waals surface area contributed by atoms with Crippen molar-refractivity contribution in [3.8, 4) is 0 Å². The van der Waals surface area contributed by atoms with E-state index in [1.54, 1.807) is 35.2 Å². The van der Waals surface area contributed by atoms with Crippen LogP contribution >= 0.6 is 0 Å². The molecule has 0 radical (unpaired) electrons. The van der Waals surface area contributed by atoms with Gasteiger partial charge in [0.15, 0.2) is 0 Å². The second-order valence-corrected chi connectivity index (χ2v) is 10.5. The SMILES string of the molecule is CCCNC(=O)[C@H](CC)N(Cc1cccc(C)c1)C(=O)CCCN(C)S(=O)(=O)c1ccccc1. The van der Waals surface area contributed by atoms with Crippen molar-refractivity contribution in [3.05, 3.63) is 65.7 Å². The highest BCUT2D eigenvalue weighted by Gasteiger charge is 2.28. The highest BCUT2D eigenvalue weighted by Crippen LogP contribution is 2.17. The first kappa shape index (κ1) is 27.5. The minimum atomic E-state index is -3.61. The van der Waals surface area contributed by atoms with Crippen LogP contribution in [0.3, 0.4) is 0 Å². The van der Waals surface area contributed by atoms with Gasteiger partial charge in [-0.2, -0.15) is 0 Å². The van der Waals surface area contributed by atoms with Crippen molar-refractivity contribution in [2.24, 2.45) is 0 Å². The molecule has 8 heteroatoms. The maximum Gasteiger partial charge on any atom is 0.242 e. The van der Waals surface area contributed by atoms with Crippen LogP contribution < -0.4 is 5.32 Å². The van der Waals surface area contributed by atoms with Crippen LogP contribution in [0.15, 0.2) is 59.5 Å². The molecule has 1 atom stereocenters. The van der Waals surface area contributed by atoms with Crippen LogP contribution in [0.5, 0.6) is 0 Å². The molecule has 0 saturated heterocycles. The zero-order valence-electron chi connectivity index (χ0n) is 20.7. The lowest BCUT2D eigenvalue weighted by atomic mass is 10.1. The quantitative estimate of drug-likeness (QED) is 0.466. The molecule has 0 heterocycles. The molecule has 0 aromatic heterocycles. The summed E-state index contributed by atoms with van der Waals surface area (Å²) in [6.45, 7) is 6.97. The lowest BCUT2D eigenvalue weighted by molar-refractivity contribution is -0.141. The van der Waals surface area contributed by atoms with E-state index in [4.69, 9.17) is 0 Å². The number of aryl methyl sites for hydroxylation is 1. The lowest BCUT2D eigenvalue weighted by Crippen LogP contribution is -2.49. The van der Waals surface area contributed by atoms with Crippen LogP contribution in [0.1, 0.15) is 50.7 Å². The third-order valence-electron chi connectivity index (χ3n) is 5.69. The minimum Gasteiger partial charge on any atom is -0.354 e. The molecule has 2 rings (SSSR count). The van der Waals surface area contributed by atoms with Crippen molar-refractivity contribution in [2.45, 2.75) is 63.9 Å². The molecule has 2 aromatic carbocycles. The Hall–Kier alpha value is -2.71. The predicted molar refractivity (Wildman–Crippen MR) is 135 cm³/mol. The number of hydrogen-bond acceptors (Lipinski definition) is 4. The van der Waals surface area contributed by atoms with E-state index in [1.807, 2.05) is 45.0 Å². The summed E-state index contributed by atoms with van der Waals surface area (Å²) in [6.07, 6.45) is 1.82. The van der Waals surface area contributed by atoms with Crippen molar-refractivity contribution in [1.82, 2.24) is 14.5 Å². The molecule has 0 aliphatic carbocycles. The van der Waals surface area contributed by atoms with Gasteiger partial charge in [-0.05, 0) is 43.9 Å². The molecule has 0 bridgehead atoms. The number of benzene rings is 2. The molecule has 34 heavy (non-hydrogen) atoms. The van der Waals surface area contributed by atoms with E-state index in [9.17, 15) is 18.0 Å². The summed E-state index contributed by atoms with van der Waals surface area (Å²) in [5.74, 6) is -0.320. The van der Waals surface area contributed by atoms with Crippen LogP contribution in [0, 0.1) is 6.92 Å². The average molecular weight is 488 g/mol. The molecule has 2 aromatic rings. The molecule has 0 spiro atoms. The maximum atomic E-state index is 13.3. The van der Waals surface area contributed by atoms with Gasteiger partial charge >= 0.3 is 0 Å². The van der Waals surface area contributed by atoms with Gasteiger partial charge in [0, 0.05) is 33.1 Å². The zero-order chi connectivity index (χ0) is 25.1. The molecule has 7 nitrogen and oxygen atoms in total. The molecule has 0 unspecified atom stereocenters. The third-order valence-corrected chi connectivity index (χ3v) is 7.56. The Labute approximate surface area is 204 Å². The zero-order valence-corrected chi connectivity index (χ0v) is 21.5. The summed E-state index contributed by atoms with van der Waals surface area (Å²) >= 11 is 0. The summed E-state index contributed by atoms with van der Waals surface area (Å²) in [6, 6.07) is 15.6. The van der Waals surface area contributed by atoms with Gasteiger partial charge in [0.05, 0.1) is 4.90 Å². The molecule has 0 aliphatic heterocycles. The van der Waals surface area contributed by atoms with Gasteiger partial charge in [-0.1, -0.05) is 61.9 Å². The topological polar surface area (TPSA) is 86.8 Å². The molecular weight excluding hydrogens is 450 g/mol. The van der Waals surface area contributed by atoms with Gasteiger partial charge in [0.1, 0.15) is 6.04 Å². The monoisotopic (exact) mass is 487 g/mol. The Bertz CT molecular complexity index is 1040. The number of carbonyl (C=O) groups excluding carboxylic acids is 2. The van der Waals surface area contributed by atoms with Crippen molar-refractivity contribution in [1.29, 1.82) is 0 Å². The Morgan fingerprint density at radius 3 is 2.35 bits per heavy atom. The first-order valence-electron chi connectivity index (χ1n) is 11.8. The van der Waals surface area contributed by atoms with Gasteiger partial charge in [0.2, 0.25) is 21.8 Å². The molecule has 0 aliphatic rings. The number of nitrogens with one attached hydrogen (secondary N) is 1. The number of sulfonamides is 1. The summed E-state index contributed by atoms with van der Waals surface area (Å²) < 4.78 is 26.7. The van der Waals surface area contributed by atoms with E-state index in [1.165, 1.54) is 11.4 Å². The molecule has 186 valence electrons. The molecular formula is C26H37N3O4S. The number of nitrogens with zero attached hydrogens (tertiary/aromatic N) is 2. The van der Waals surface area contributed by atoms with E-state index in [2.05, 4.69) is 5.32 Å². The van der Waals surface area contributed by atoms with Crippen LogP contribution in [-0.2, 0) is 26.2 Å². The summed E-state index contributed by atoms with van der Waals surface area (Å²) in [7, 11) is -2.09. The van der Waals surface area contributed by atoms with Gasteiger partial charge in [-0.3, -0.25) is 9.59 Å². The molecule has 0 fully saturated rings. The second kappa shape index (κ2) is 13.2. The van der Waals surface area contributed by atoms with Gasteiger partial charge in [-0.25, -0.2) is 12.7 Å². The Morgan fingerprint density at radius 2 is 1.74 bits per heavy atom. The summed E-state index contributed by atoms with van der Waals surface area (Å²) in [5, 5.41) is 2.91.